The second-order valence-corrected chi connectivity index (χ2v) is 5.26. The predicted molar refractivity (Wildman–Crippen MR) is 59.7 cm³/mol. The van der Waals surface area contributed by atoms with Crippen molar-refractivity contribution < 1.29 is 13.9 Å². The van der Waals surface area contributed by atoms with Gasteiger partial charge in [0.1, 0.15) is 12.1 Å². The number of hydrogen-bond donors (Lipinski definition) is 1. The molecule has 3 unspecified atom stereocenters. The van der Waals surface area contributed by atoms with Crippen molar-refractivity contribution in [2.45, 2.75) is 18.9 Å². The fourth-order valence-corrected chi connectivity index (χ4v) is 3.06. The molecule has 94 valence electrons. The largest absolute Gasteiger partial charge is 0.485 e. The number of nitrogens with one attached hydrogen (secondary N) is 1. The van der Waals surface area contributed by atoms with Gasteiger partial charge >= 0.3 is 0 Å². The van der Waals surface area contributed by atoms with E-state index in [9.17, 15) is 9.18 Å². The first-order valence-corrected chi connectivity index (χ1v) is 6.22. The number of ether oxygens (including phenoxy) is 1. The van der Waals surface area contributed by atoms with Crippen LogP contribution in [0.15, 0.2) is 12.1 Å². The molecule has 5 heteroatoms. The maximum Gasteiger partial charge on any atom is 0.264 e. The molecule has 0 aliphatic carbocycles. The summed E-state index contributed by atoms with van der Waals surface area (Å²) in [5, 5.41) is 3.38. The second kappa shape index (κ2) is 4.29. The minimum atomic E-state index is -0.623. The summed E-state index contributed by atoms with van der Waals surface area (Å²) in [6, 6.07) is 0. The van der Waals surface area contributed by atoms with Crippen LogP contribution in [0, 0.1) is 11.8 Å². The summed E-state index contributed by atoms with van der Waals surface area (Å²) in [5.74, 6) is 0.712. The number of fused-ring (bicyclic) bond motifs is 2. The van der Waals surface area contributed by atoms with Crippen molar-refractivity contribution in [3.8, 4) is 0 Å². The number of piperidine rings is 2. The Hall–Kier alpha value is -1.10. The smallest absolute Gasteiger partial charge is 0.264 e. The number of halogens is 1. The zero-order valence-corrected chi connectivity index (χ0v) is 9.69. The van der Waals surface area contributed by atoms with Gasteiger partial charge < -0.3 is 15.0 Å². The van der Waals surface area contributed by atoms with Gasteiger partial charge in [-0.1, -0.05) is 0 Å². The molecule has 1 N–H and O–H groups in total. The standard InChI is InChI=1S/C12H17FN2O2/c13-10-2-11(17-7-10)12(16)15-5-8-1-9(6-15)4-14-3-8/h7-9,11,14H,1-6H2. The van der Waals surface area contributed by atoms with E-state index >= 15 is 0 Å². The predicted octanol–water partition coefficient (Wildman–Crippen LogP) is 0.654. The van der Waals surface area contributed by atoms with E-state index in [4.69, 9.17) is 4.74 Å². The van der Waals surface area contributed by atoms with Crippen LogP contribution in [-0.4, -0.2) is 43.1 Å². The molecular formula is C12H17FN2O2. The Morgan fingerprint density at radius 2 is 2.12 bits per heavy atom. The van der Waals surface area contributed by atoms with Crippen LogP contribution in [0.25, 0.3) is 0 Å². The molecule has 3 aliphatic heterocycles. The van der Waals surface area contributed by atoms with E-state index < -0.39 is 6.10 Å². The molecule has 2 bridgehead atoms. The molecule has 1 amide bonds. The summed E-state index contributed by atoms with van der Waals surface area (Å²) in [7, 11) is 0. The molecule has 3 rings (SSSR count). The van der Waals surface area contributed by atoms with Crippen LogP contribution in [0.3, 0.4) is 0 Å². The number of carbonyl (C=O) groups excluding carboxylic acids is 1. The summed E-state index contributed by atoms with van der Waals surface area (Å²) in [6.45, 7) is 3.53. The average molecular weight is 240 g/mol. The first kappa shape index (κ1) is 11.0. The van der Waals surface area contributed by atoms with Crippen molar-refractivity contribution in [3.63, 3.8) is 0 Å². The quantitative estimate of drug-likeness (QED) is 0.732. The average Bonchev–Trinajstić information content (AvgIpc) is 2.74. The highest BCUT2D eigenvalue weighted by Crippen LogP contribution is 2.27. The van der Waals surface area contributed by atoms with Crippen molar-refractivity contribution in [1.82, 2.24) is 10.2 Å². The molecule has 0 aromatic heterocycles. The topological polar surface area (TPSA) is 41.6 Å². The summed E-state index contributed by atoms with van der Waals surface area (Å²) in [5.41, 5.74) is 0. The van der Waals surface area contributed by atoms with E-state index in [1.165, 1.54) is 6.42 Å². The number of nitrogens with zero attached hydrogens (tertiary/aromatic N) is 1. The van der Waals surface area contributed by atoms with E-state index in [1.54, 1.807) is 0 Å². The summed E-state index contributed by atoms with van der Waals surface area (Å²) < 4.78 is 17.9. The van der Waals surface area contributed by atoms with Crippen molar-refractivity contribution in [1.29, 1.82) is 0 Å². The van der Waals surface area contributed by atoms with Crippen molar-refractivity contribution in [2.24, 2.45) is 11.8 Å². The lowest BCUT2D eigenvalue weighted by Crippen LogP contribution is -2.54. The number of rotatable bonds is 1. The number of hydrogen-bond acceptors (Lipinski definition) is 3. The Morgan fingerprint density at radius 3 is 2.71 bits per heavy atom. The molecule has 3 atom stereocenters. The van der Waals surface area contributed by atoms with Gasteiger partial charge in [0.2, 0.25) is 0 Å². The molecule has 0 saturated carbocycles. The minimum Gasteiger partial charge on any atom is -0.485 e. The summed E-state index contributed by atoms with van der Waals surface area (Å²) in [6.07, 6.45) is 1.74. The van der Waals surface area contributed by atoms with Crippen molar-refractivity contribution >= 4 is 5.91 Å². The third-order valence-electron chi connectivity index (χ3n) is 3.82. The molecule has 0 spiro atoms. The fraction of sp³-hybridized carbons (Fsp3) is 0.750. The van der Waals surface area contributed by atoms with Crippen LogP contribution in [0.1, 0.15) is 12.8 Å². The van der Waals surface area contributed by atoms with E-state index in [-0.39, 0.29) is 18.2 Å². The summed E-state index contributed by atoms with van der Waals surface area (Å²) in [4.78, 5) is 14.0. The molecule has 3 aliphatic rings. The van der Waals surface area contributed by atoms with Crippen LogP contribution in [0.2, 0.25) is 0 Å². The SMILES string of the molecule is O=C(C1CC(F)=CO1)N1CC2CNCC(C2)C1. The van der Waals surface area contributed by atoms with Gasteiger partial charge in [0, 0.05) is 19.5 Å². The molecule has 3 heterocycles. The van der Waals surface area contributed by atoms with Crippen molar-refractivity contribution in [2.75, 3.05) is 26.2 Å². The van der Waals surface area contributed by atoms with Gasteiger partial charge in [0.25, 0.3) is 5.91 Å². The molecular weight excluding hydrogens is 223 g/mol. The molecule has 2 saturated heterocycles. The lowest BCUT2D eigenvalue weighted by molar-refractivity contribution is -0.143. The zero-order chi connectivity index (χ0) is 11.8. The van der Waals surface area contributed by atoms with Crippen LogP contribution >= 0.6 is 0 Å². The van der Waals surface area contributed by atoms with Crippen LogP contribution in [0.4, 0.5) is 4.39 Å². The highest BCUT2D eigenvalue weighted by molar-refractivity contribution is 5.81. The van der Waals surface area contributed by atoms with Gasteiger partial charge in [-0.25, -0.2) is 4.39 Å². The van der Waals surface area contributed by atoms with Crippen LogP contribution in [0.5, 0.6) is 0 Å². The Balaban J connectivity index is 1.62. The van der Waals surface area contributed by atoms with E-state index in [0.717, 1.165) is 32.4 Å². The Morgan fingerprint density at radius 1 is 1.41 bits per heavy atom. The monoisotopic (exact) mass is 240 g/mol. The van der Waals surface area contributed by atoms with E-state index in [1.807, 2.05) is 4.90 Å². The third-order valence-corrected chi connectivity index (χ3v) is 3.82. The van der Waals surface area contributed by atoms with Crippen molar-refractivity contribution in [3.05, 3.63) is 12.1 Å². The molecule has 2 fully saturated rings. The van der Waals surface area contributed by atoms with Crippen LogP contribution < -0.4 is 5.32 Å². The zero-order valence-electron chi connectivity index (χ0n) is 9.69. The maximum absolute atomic E-state index is 12.9. The van der Waals surface area contributed by atoms with Gasteiger partial charge in [-0.3, -0.25) is 4.79 Å². The van der Waals surface area contributed by atoms with E-state index in [0.29, 0.717) is 11.8 Å². The Kier molecular flexibility index (Phi) is 2.78. The molecule has 0 radical (unpaired) electrons. The third kappa shape index (κ3) is 2.16. The van der Waals surface area contributed by atoms with Gasteiger partial charge in [-0.2, -0.15) is 0 Å². The number of carbonyl (C=O) groups is 1. The fourth-order valence-electron chi connectivity index (χ4n) is 3.06. The highest BCUT2D eigenvalue weighted by atomic mass is 19.1. The molecule has 0 aromatic carbocycles. The summed E-state index contributed by atoms with van der Waals surface area (Å²) >= 11 is 0. The van der Waals surface area contributed by atoms with Gasteiger partial charge in [-0.05, 0) is 31.3 Å². The van der Waals surface area contributed by atoms with Gasteiger partial charge in [-0.15, -0.1) is 0 Å². The number of amides is 1. The Bertz CT molecular complexity index is 346. The van der Waals surface area contributed by atoms with Gasteiger partial charge in [0.05, 0.1) is 0 Å². The first-order valence-electron chi connectivity index (χ1n) is 6.22. The lowest BCUT2D eigenvalue weighted by atomic mass is 9.85. The maximum atomic E-state index is 12.9. The van der Waals surface area contributed by atoms with E-state index in [2.05, 4.69) is 5.32 Å². The number of likely N-dealkylation sites (tertiary alicyclic amines) is 1. The minimum absolute atomic E-state index is 0.0505. The van der Waals surface area contributed by atoms with Gasteiger partial charge in [0.15, 0.2) is 6.10 Å². The normalized spacial score (nSPS) is 36.4. The molecule has 17 heavy (non-hydrogen) atoms. The first-order chi connectivity index (χ1) is 8.22. The molecule has 4 nitrogen and oxygen atoms in total. The highest BCUT2D eigenvalue weighted by Gasteiger charge is 2.37. The lowest BCUT2D eigenvalue weighted by Gasteiger charge is -2.42. The molecule has 0 aromatic rings. The second-order valence-electron chi connectivity index (χ2n) is 5.26. The van der Waals surface area contributed by atoms with Crippen LogP contribution in [-0.2, 0) is 9.53 Å². The Labute approximate surface area is 99.8 Å².